The van der Waals surface area contributed by atoms with E-state index in [4.69, 9.17) is 25.8 Å². The van der Waals surface area contributed by atoms with Crippen molar-refractivity contribution in [3.05, 3.63) is 53.1 Å². The van der Waals surface area contributed by atoms with Gasteiger partial charge < -0.3 is 24.8 Å². The molecule has 0 radical (unpaired) electrons. The summed E-state index contributed by atoms with van der Waals surface area (Å²) in [7, 11) is 1.44. The highest BCUT2D eigenvalue weighted by Crippen LogP contribution is 2.27. The Hall–Kier alpha value is -3.59. The highest BCUT2D eigenvalue weighted by molar-refractivity contribution is 6.31. The Kier molecular flexibility index (Phi) is 9.68. The third-order valence-electron chi connectivity index (χ3n) is 4.10. The number of benzene rings is 2. The Morgan fingerprint density at radius 1 is 0.939 bits per heavy atom. The molecule has 33 heavy (non-hydrogen) atoms. The van der Waals surface area contributed by atoms with Crippen molar-refractivity contribution in [1.29, 1.82) is 0 Å². The lowest BCUT2D eigenvalue weighted by Gasteiger charge is -2.11. The minimum atomic E-state index is -0.704. The summed E-state index contributed by atoms with van der Waals surface area (Å²) in [5.74, 6) is -1.75. The number of amides is 2. The third-order valence-corrected chi connectivity index (χ3v) is 4.34. The second-order valence-electron chi connectivity index (χ2n) is 7.13. The first kappa shape index (κ1) is 25.7. The number of nitrogens with one attached hydrogen (secondary N) is 2. The molecule has 2 aromatic rings. The minimum Gasteiger partial charge on any atom is -0.495 e. The fourth-order valence-electron chi connectivity index (χ4n) is 2.59. The number of hydrogen-bond acceptors (Lipinski definition) is 7. The van der Waals surface area contributed by atoms with Gasteiger partial charge in [0, 0.05) is 17.1 Å². The summed E-state index contributed by atoms with van der Waals surface area (Å²) in [6.45, 7) is 2.98. The zero-order valence-electron chi connectivity index (χ0n) is 18.5. The Bertz CT molecular complexity index is 1010. The number of carbonyl (C=O) groups excluding carboxylic acids is 4. The molecule has 0 saturated heterocycles. The van der Waals surface area contributed by atoms with E-state index in [9.17, 15) is 19.2 Å². The monoisotopic (exact) mass is 476 g/mol. The molecule has 0 aliphatic heterocycles. The van der Waals surface area contributed by atoms with Crippen LogP contribution in [0.5, 0.6) is 5.75 Å². The van der Waals surface area contributed by atoms with Gasteiger partial charge in [0.15, 0.2) is 6.61 Å². The molecule has 0 aliphatic carbocycles. The molecule has 0 atom stereocenters. The van der Waals surface area contributed by atoms with E-state index in [0.29, 0.717) is 27.7 Å². The fraction of sp³-hybridized carbons (Fsp3) is 0.304. The summed E-state index contributed by atoms with van der Waals surface area (Å²) >= 11 is 5.90. The number of rotatable bonds is 10. The van der Waals surface area contributed by atoms with Crippen LogP contribution < -0.4 is 15.4 Å². The van der Waals surface area contributed by atoms with E-state index < -0.39 is 30.4 Å². The predicted octanol–water partition coefficient (Wildman–Crippen LogP) is 3.81. The van der Waals surface area contributed by atoms with E-state index in [2.05, 4.69) is 10.6 Å². The molecule has 0 heterocycles. The quantitative estimate of drug-likeness (QED) is 0.500. The Labute approximate surface area is 196 Å². The standard InChI is InChI=1S/C23H25ClN2O7/c1-14(2)33-23(30)15-4-7-17(8-5-15)25-20(27)10-11-22(29)32-13-21(28)26-18-12-16(24)6-9-19(18)31-3/h4-9,12,14H,10-11,13H2,1-3H3,(H,25,27)(H,26,28). The lowest BCUT2D eigenvalue weighted by Crippen LogP contribution is -2.22. The number of anilines is 2. The molecule has 0 bridgehead atoms. The van der Waals surface area contributed by atoms with Crippen LogP contribution in [0.1, 0.15) is 37.0 Å². The lowest BCUT2D eigenvalue weighted by molar-refractivity contribution is -0.147. The van der Waals surface area contributed by atoms with E-state index >= 15 is 0 Å². The van der Waals surface area contributed by atoms with Crippen molar-refractivity contribution in [3.8, 4) is 5.75 Å². The first-order chi connectivity index (χ1) is 15.7. The first-order valence-electron chi connectivity index (χ1n) is 10.1. The highest BCUT2D eigenvalue weighted by atomic mass is 35.5. The molecule has 9 nitrogen and oxygen atoms in total. The molecule has 0 fully saturated rings. The molecule has 0 spiro atoms. The molecule has 0 aliphatic rings. The van der Waals surface area contributed by atoms with Gasteiger partial charge in [-0.25, -0.2) is 4.79 Å². The van der Waals surface area contributed by atoms with Gasteiger partial charge in [-0.15, -0.1) is 0 Å². The number of methoxy groups -OCH3 is 1. The van der Waals surface area contributed by atoms with Crippen molar-refractivity contribution >= 4 is 46.7 Å². The fourth-order valence-corrected chi connectivity index (χ4v) is 2.77. The van der Waals surface area contributed by atoms with Gasteiger partial charge in [-0.05, 0) is 56.3 Å². The van der Waals surface area contributed by atoms with E-state index in [1.54, 1.807) is 38.1 Å². The summed E-state index contributed by atoms with van der Waals surface area (Å²) < 4.78 is 15.1. The van der Waals surface area contributed by atoms with Crippen LogP contribution in [-0.4, -0.2) is 43.6 Å². The summed E-state index contributed by atoms with van der Waals surface area (Å²) in [5.41, 5.74) is 1.16. The van der Waals surface area contributed by atoms with Crippen molar-refractivity contribution in [2.45, 2.75) is 32.8 Å². The maximum Gasteiger partial charge on any atom is 0.338 e. The average Bonchev–Trinajstić information content (AvgIpc) is 2.76. The van der Waals surface area contributed by atoms with Crippen LogP contribution in [0.25, 0.3) is 0 Å². The van der Waals surface area contributed by atoms with Crippen LogP contribution in [0, 0.1) is 0 Å². The molecule has 2 aromatic carbocycles. The molecular formula is C23H25ClN2O7. The molecule has 10 heteroatoms. The molecule has 0 aromatic heterocycles. The Morgan fingerprint density at radius 2 is 1.64 bits per heavy atom. The number of halogens is 1. The Balaban J connectivity index is 1.74. The molecule has 0 saturated carbocycles. The van der Waals surface area contributed by atoms with E-state index in [-0.39, 0.29) is 18.9 Å². The van der Waals surface area contributed by atoms with E-state index in [1.165, 1.54) is 25.3 Å². The smallest absolute Gasteiger partial charge is 0.338 e. The van der Waals surface area contributed by atoms with Crippen LogP contribution >= 0.6 is 11.6 Å². The second kappa shape index (κ2) is 12.4. The molecular weight excluding hydrogens is 452 g/mol. The van der Waals surface area contributed by atoms with Crippen LogP contribution in [-0.2, 0) is 23.9 Å². The van der Waals surface area contributed by atoms with Gasteiger partial charge in [-0.2, -0.15) is 0 Å². The summed E-state index contributed by atoms with van der Waals surface area (Å²) in [6.07, 6.45) is -0.583. The SMILES string of the molecule is COc1ccc(Cl)cc1NC(=O)COC(=O)CCC(=O)Nc1ccc(C(=O)OC(C)C)cc1. The summed E-state index contributed by atoms with van der Waals surface area (Å²) in [5, 5.41) is 5.56. The summed E-state index contributed by atoms with van der Waals surface area (Å²) in [4.78, 5) is 47.7. The normalized spacial score (nSPS) is 10.3. The molecule has 176 valence electrons. The largest absolute Gasteiger partial charge is 0.495 e. The minimum absolute atomic E-state index is 0.139. The molecule has 2 amide bonds. The number of ether oxygens (including phenoxy) is 3. The Morgan fingerprint density at radius 3 is 2.27 bits per heavy atom. The van der Waals surface area contributed by atoms with Gasteiger partial charge in [0.05, 0.1) is 30.9 Å². The second-order valence-corrected chi connectivity index (χ2v) is 7.57. The van der Waals surface area contributed by atoms with Crippen molar-refractivity contribution in [2.24, 2.45) is 0 Å². The number of esters is 2. The van der Waals surface area contributed by atoms with Gasteiger partial charge in [-0.3, -0.25) is 14.4 Å². The number of hydrogen-bond donors (Lipinski definition) is 2. The van der Waals surface area contributed by atoms with Crippen LogP contribution in [0.4, 0.5) is 11.4 Å². The predicted molar refractivity (Wildman–Crippen MR) is 122 cm³/mol. The third kappa shape index (κ3) is 8.82. The van der Waals surface area contributed by atoms with Crippen LogP contribution in [0.15, 0.2) is 42.5 Å². The van der Waals surface area contributed by atoms with E-state index in [0.717, 1.165) is 0 Å². The maximum atomic E-state index is 12.0. The van der Waals surface area contributed by atoms with Gasteiger partial charge >= 0.3 is 11.9 Å². The maximum absolute atomic E-state index is 12.0. The molecule has 2 N–H and O–H groups in total. The highest BCUT2D eigenvalue weighted by Gasteiger charge is 2.14. The summed E-state index contributed by atoms with van der Waals surface area (Å²) in [6, 6.07) is 10.9. The van der Waals surface area contributed by atoms with Crippen molar-refractivity contribution < 1.29 is 33.4 Å². The van der Waals surface area contributed by atoms with Gasteiger partial charge in [-0.1, -0.05) is 11.6 Å². The van der Waals surface area contributed by atoms with E-state index in [1.807, 2.05) is 0 Å². The zero-order valence-corrected chi connectivity index (χ0v) is 19.2. The van der Waals surface area contributed by atoms with Gasteiger partial charge in [0.1, 0.15) is 5.75 Å². The van der Waals surface area contributed by atoms with Gasteiger partial charge in [0.2, 0.25) is 5.91 Å². The number of carbonyl (C=O) groups is 4. The van der Waals surface area contributed by atoms with Crippen molar-refractivity contribution in [3.63, 3.8) is 0 Å². The van der Waals surface area contributed by atoms with Crippen molar-refractivity contribution in [2.75, 3.05) is 24.4 Å². The zero-order chi connectivity index (χ0) is 24.4. The van der Waals surface area contributed by atoms with Gasteiger partial charge in [0.25, 0.3) is 5.91 Å². The topological polar surface area (TPSA) is 120 Å². The lowest BCUT2D eigenvalue weighted by atomic mass is 10.2. The average molecular weight is 477 g/mol. The molecule has 0 unspecified atom stereocenters. The molecule has 2 rings (SSSR count). The first-order valence-corrected chi connectivity index (χ1v) is 10.5. The van der Waals surface area contributed by atoms with Crippen LogP contribution in [0.2, 0.25) is 5.02 Å². The van der Waals surface area contributed by atoms with Crippen molar-refractivity contribution in [1.82, 2.24) is 0 Å². The van der Waals surface area contributed by atoms with Crippen LogP contribution in [0.3, 0.4) is 0 Å².